The van der Waals surface area contributed by atoms with Crippen LogP contribution in [0.4, 0.5) is 0 Å². The summed E-state index contributed by atoms with van der Waals surface area (Å²) in [7, 11) is 0. The number of thiazole rings is 1. The van der Waals surface area contributed by atoms with E-state index in [1.54, 1.807) is 11.3 Å². The monoisotopic (exact) mass is 267 g/mol. The van der Waals surface area contributed by atoms with E-state index in [0.29, 0.717) is 6.54 Å². The second kappa shape index (κ2) is 6.29. The Balaban J connectivity index is 1.97. The van der Waals surface area contributed by atoms with Gasteiger partial charge in [-0.05, 0) is 25.8 Å². The van der Waals surface area contributed by atoms with Crippen molar-refractivity contribution in [1.29, 1.82) is 0 Å². The van der Waals surface area contributed by atoms with Crippen LogP contribution in [0.15, 0.2) is 6.20 Å². The summed E-state index contributed by atoms with van der Waals surface area (Å²) < 4.78 is 0. The van der Waals surface area contributed by atoms with Gasteiger partial charge in [0.1, 0.15) is 5.01 Å². The van der Waals surface area contributed by atoms with Crippen LogP contribution >= 0.6 is 11.3 Å². The minimum Gasteiger partial charge on any atom is -0.335 e. The highest BCUT2D eigenvalue weighted by molar-refractivity contribution is 7.11. The summed E-state index contributed by atoms with van der Waals surface area (Å²) in [4.78, 5) is 19.9. The van der Waals surface area contributed by atoms with E-state index in [9.17, 15) is 4.79 Å². The van der Waals surface area contributed by atoms with Gasteiger partial charge in [-0.25, -0.2) is 4.98 Å². The summed E-state index contributed by atoms with van der Waals surface area (Å²) in [5.41, 5.74) is 0. The SMILES string of the molecule is CCNC1CCCN(Cc2ncc(CC)s2)C1=O. The first-order valence-electron chi connectivity index (χ1n) is 6.70. The third kappa shape index (κ3) is 3.09. The van der Waals surface area contributed by atoms with Crippen molar-refractivity contribution in [3.63, 3.8) is 0 Å². The summed E-state index contributed by atoms with van der Waals surface area (Å²) >= 11 is 1.72. The van der Waals surface area contributed by atoms with Gasteiger partial charge in [0.15, 0.2) is 0 Å². The van der Waals surface area contributed by atoms with Gasteiger partial charge < -0.3 is 10.2 Å². The number of nitrogens with zero attached hydrogens (tertiary/aromatic N) is 2. The zero-order valence-corrected chi connectivity index (χ0v) is 11.9. The number of piperidine rings is 1. The first-order chi connectivity index (χ1) is 8.74. The fourth-order valence-corrected chi connectivity index (χ4v) is 3.16. The van der Waals surface area contributed by atoms with E-state index in [1.807, 2.05) is 18.0 Å². The number of carbonyl (C=O) groups excluding carboxylic acids is 1. The Hall–Kier alpha value is -0.940. The van der Waals surface area contributed by atoms with E-state index in [-0.39, 0.29) is 11.9 Å². The number of hydrogen-bond acceptors (Lipinski definition) is 4. The van der Waals surface area contributed by atoms with Crippen LogP contribution in [0.2, 0.25) is 0 Å². The number of hydrogen-bond donors (Lipinski definition) is 1. The number of likely N-dealkylation sites (tertiary alicyclic amines) is 1. The number of aryl methyl sites for hydroxylation is 1. The van der Waals surface area contributed by atoms with Crippen LogP contribution in [-0.4, -0.2) is 34.9 Å². The fraction of sp³-hybridized carbons (Fsp3) is 0.692. The van der Waals surface area contributed by atoms with Gasteiger partial charge in [-0.2, -0.15) is 0 Å². The number of rotatable bonds is 5. The smallest absolute Gasteiger partial charge is 0.240 e. The highest BCUT2D eigenvalue weighted by atomic mass is 32.1. The topological polar surface area (TPSA) is 45.2 Å². The van der Waals surface area contributed by atoms with Crippen LogP contribution in [0.5, 0.6) is 0 Å². The molecule has 0 saturated carbocycles. The van der Waals surface area contributed by atoms with Crippen LogP contribution in [0.25, 0.3) is 0 Å². The molecular weight excluding hydrogens is 246 g/mol. The average molecular weight is 267 g/mol. The average Bonchev–Trinajstić information content (AvgIpc) is 2.82. The summed E-state index contributed by atoms with van der Waals surface area (Å²) in [6.07, 6.45) is 4.98. The summed E-state index contributed by atoms with van der Waals surface area (Å²) in [6.45, 7) is 6.56. The van der Waals surface area contributed by atoms with Crippen molar-refractivity contribution in [2.45, 2.75) is 45.7 Å². The Bertz CT molecular complexity index is 403. The molecule has 1 atom stereocenters. The van der Waals surface area contributed by atoms with Gasteiger partial charge in [-0.3, -0.25) is 4.79 Å². The molecular formula is C13H21N3OS. The van der Waals surface area contributed by atoms with E-state index < -0.39 is 0 Å². The molecule has 1 aromatic heterocycles. The molecule has 1 fully saturated rings. The fourth-order valence-electron chi connectivity index (χ4n) is 2.28. The quantitative estimate of drug-likeness (QED) is 0.885. The van der Waals surface area contributed by atoms with E-state index in [2.05, 4.69) is 17.2 Å². The molecule has 0 aliphatic carbocycles. The van der Waals surface area contributed by atoms with Gasteiger partial charge in [0, 0.05) is 17.6 Å². The second-order valence-corrected chi connectivity index (χ2v) is 5.79. The number of amides is 1. The van der Waals surface area contributed by atoms with E-state index in [1.165, 1.54) is 4.88 Å². The molecule has 2 rings (SSSR count). The summed E-state index contributed by atoms with van der Waals surface area (Å²) in [6, 6.07) is 0.00866. The molecule has 4 nitrogen and oxygen atoms in total. The lowest BCUT2D eigenvalue weighted by molar-refractivity contribution is -0.136. The highest BCUT2D eigenvalue weighted by Crippen LogP contribution is 2.19. The third-order valence-corrected chi connectivity index (χ3v) is 4.38. The minimum absolute atomic E-state index is 0.00866. The molecule has 0 spiro atoms. The molecule has 1 aliphatic heterocycles. The molecule has 0 bridgehead atoms. The third-order valence-electron chi connectivity index (χ3n) is 3.26. The van der Waals surface area contributed by atoms with Gasteiger partial charge >= 0.3 is 0 Å². The van der Waals surface area contributed by atoms with Crippen LogP contribution in [0.1, 0.15) is 36.6 Å². The highest BCUT2D eigenvalue weighted by Gasteiger charge is 2.28. The first-order valence-corrected chi connectivity index (χ1v) is 7.52. The van der Waals surface area contributed by atoms with Crippen molar-refractivity contribution in [1.82, 2.24) is 15.2 Å². The molecule has 1 aliphatic rings. The maximum atomic E-state index is 12.2. The Morgan fingerprint density at radius 2 is 2.39 bits per heavy atom. The van der Waals surface area contributed by atoms with Crippen molar-refractivity contribution in [2.75, 3.05) is 13.1 Å². The van der Waals surface area contributed by atoms with Gasteiger partial charge in [-0.15, -0.1) is 11.3 Å². The predicted octanol–water partition coefficient (Wildman–Crippen LogP) is 1.81. The number of likely N-dealkylation sites (N-methyl/N-ethyl adjacent to an activating group) is 1. The Labute approximate surface area is 112 Å². The lowest BCUT2D eigenvalue weighted by Gasteiger charge is -2.32. The molecule has 1 N–H and O–H groups in total. The molecule has 1 amide bonds. The second-order valence-electron chi connectivity index (χ2n) is 4.59. The Morgan fingerprint density at radius 1 is 1.56 bits per heavy atom. The van der Waals surface area contributed by atoms with Crippen molar-refractivity contribution in [2.24, 2.45) is 0 Å². The molecule has 5 heteroatoms. The predicted molar refractivity (Wildman–Crippen MR) is 73.6 cm³/mol. The molecule has 1 aromatic rings. The normalized spacial score (nSPS) is 20.4. The lowest BCUT2D eigenvalue weighted by atomic mass is 10.0. The first kappa shape index (κ1) is 13.5. The Morgan fingerprint density at radius 3 is 3.06 bits per heavy atom. The number of nitrogens with one attached hydrogen (secondary N) is 1. The molecule has 0 radical (unpaired) electrons. The van der Waals surface area contributed by atoms with Crippen molar-refractivity contribution in [3.05, 3.63) is 16.1 Å². The van der Waals surface area contributed by atoms with Crippen LogP contribution in [0.3, 0.4) is 0 Å². The lowest BCUT2D eigenvalue weighted by Crippen LogP contribution is -2.50. The van der Waals surface area contributed by atoms with E-state index in [0.717, 1.165) is 37.4 Å². The summed E-state index contributed by atoms with van der Waals surface area (Å²) in [5.74, 6) is 0.233. The number of aromatic nitrogens is 1. The maximum Gasteiger partial charge on any atom is 0.240 e. The molecule has 1 saturated heterocycles. The van der Waals surface area contributed by atoms with Crippen LogP contribution in [0, 0.1) is 0 Å². The van der Waals surface area contributed by atoms with Crippen molar-refractivity contribution < 1.29 is 4.79 Å². The van der Waals surface area contributed by atoms with Crippen molar-refractivity contribution >= 4 is 17.2 Å². The van der Waals surface area contributed by atoms with E-state index in [4.69, 9.17) is 0 Å². The molecule has 2 heterocycles. The van der Waals surface area contributed by atoms with Crippen LogP contribution in [-0.2, 0) is 17.8 Å². The van der Waals surface area contributed by atoms with E-state index >= 15 is 0 Å². The minimum atomic E-state index is 0.00866. The van der Waals surface area contributed by atoms with Gasteiger partial charge in [0.25, 0.3) is 0 Å². The Kier molecular flexibility index (Phi) is 4.72. The zero-order chi connectivity index (χ0) is 13.0. The molecule has 0 aromatic carbocycles. The van der Waals surface area contributed by atoms with Crippen LogP contribution < -0.4 is 5.32 Å². The van der Waals surface area contributed by atoms with Gasteiger partial charge in [0.2, 0.25) is 5.91 Å². The standard InChI is InChI=1S/C13H21N3OS/c1-3-10-8-15-12(18-10)9-16-7-5-6-11(13(16)17)14-4-2/h8,11,14H,3-7,9H2,1-2H3. The largest absolute Gasteiger partial charge is 0.335 e. The maximum absolute atomic E-state index is 12.2. The zero-order valence-electron chi connectivity index (χ0n) is 11.1. The molecule has 18 heavy (non-hydrogen) atoms. The van der Waals surface area contributed by atoms with Gasteiger partial charge in [-0.1, -0.05) is 13.8 Å². The van der Waals surface area contributed by atoms with Gasteiger partial charge in [0.05, 0.1) is 12.6 Å². The van der Waals surface area contributed by atoms with Crippen molar-refractivity contribution in [3.8, 4) is 0 Å². The number of carbonyl (C=O) groups is 1. The molecule has 1 unspecified atom stereocenters. The molecule has 100 valence electrons. The summed E-state index contributed by atoms with van der Waals surface area (Å²) in [5, 5.41) is 4.31.